The number of carbonyl (C=O) groups is 1. The molecule has 0 bridgehead atoms. The molecule has 0 aromatic heterocycles. The predicted molar refractivity (Wildman–Crippen MR) is 79.2 cm³/mol. The minimum absolute atomic E-state index is 0.100. The van der Waals surface area contributed by atoms with Gasteiger partial charge in [-0.05, 0) is 24.5 Å². The number of carbonyl (C=O) groups excluding carboxylic acids is 1. The summed E-state index contributed by atoms with van der Waals surface area (Å²) in [6.45, 7) is 5.79. The largest absolute Gasteiger partial charge is 0.349 e. The minimum atomic E-state index is -4.27. The molecule has 21 heavy (non-hydrogen) atoms. The van der Waals surface area contributed by atoms with Crippen LogP contribution in [0.1, 0.15) is 37.6 Å². The van der Waals surface area contributed by atoms with Crippen LogP contribution in [0.4, 0.5) is 4.39 Å². The maximum atomic E-state index is 13.6. The standard InChI is InChI=1S/C13H18ClFN2O3S/c1-4-11(7(2)3)17-13(18)8-5-12(21(16,19)20)10(15)6-9(8)14/h5-7,11H,4H2,1-3H3,(H,17,18)(H2,16,19,20). The number of nitrogens with one attached hydrogen (secondary N) is 1. The van der Waals surface area contributed by atoms with Gasteiger partial charge >= 0.3 is 0 Å². The van der Waals surface area contributed by atoms with Crippen molar-refractivity contribution in [1.29, 1.82) is 0 Å². The van der Waals surface area contributed by atoms with Crippen molar-refractivity contribution in [3.8, 4) is 0 Å². The summed E-state index contributed by atoms with van der Waals surface area (Å²) in [6, 6.07) is 1.53. The van der Waals surface area contributed by atoms with Gasteiger partial charge in [0.1, 0.15) is 10.7 Å². The lowest BCUT2D eigenvalue weighted by atomic mass is 10.0. The molecule has 0 heterocycles. The number of benzene rings is 1. The molecular weight excluding hydrogens is 319 g/mol. The topological polar surface area (TPSA) is 89.3 Å². The molecule has 0 saturated heterocycles. The summed E-state index contributed by atoms with van der Waals surface area (Å²) >= 11 is 5.82. The Hall–Kier alpha value is -1.18. The lowest BCUT2D eigenvalue weighted by Crippen LogP contribution is -2.38. The van der Waals surface area contributed by atoms with Crippen molar-refractivity contribution < 1.29 is 17.6 Å². The average Bonchev–Trinajstić information content (AvgIpc) is 2.33. The molecule has 1 atom stereocenters. The molecule has 8 heteroatoms. The van der Waals surface area contributed by atoms with Crippen LogP contribution in [-0.4, -0.2) is 20.4 Å². The molecule has 3 N–H and O–H groups in total. The molecule has 1 rings (SSSR count). The number of nitrogens with two attached hydrogens (primary N) is 1. The van der Waals surface area contributed by atoms with Gasteiger partial charge in [0.25, 0.3) is 5.91 Å². The Morgan fingerprint density at radius 1 is 1.43 bits per heavy atom. The van der Waals surface area contributed by atoms with Crippen LogP contribution in [0.2, 0.25) is 5.02 Å². The van der Waals surface area contributed by atoms with Crippen molar-refractivity contribution in [2.24, 2.45) is 11.1 Å². The fourth-order valence-corrected chi connectivity index (χ4v) is 2.76. The Kier molecular flexibility index (Phi) is 5.72. The highest BCUT2D eigenvalue weighted by Gasteiger charge is 2.22. The van der Waals surface area contributed by atoms with E-state index in [9.17, 15) is 17.6 Å². The molecular formula is C13H18ClFN2O3S. The highest BCUT2D eigenvalue weighted by molar-refractivity contribution is 7.89. The molecule has 0 fully saturated rings. The first-order chi connectivity index (χ1) is 9.57. The smallest absolute Gasteiger partial charge is 0.253 e. The number of primary sulfonamides is 1. The molecule has 1 amide bonds. The first-order valence-electron chi connectivity index (χ1n) is 6.40. The van der Waals surface area contributed by atoms with Gasteiger partial charge in [-0.25, -0.2) is 17.9 Å². The van der Waals surface area contributed by atoms with E-state index in [2.05, 4.69) is 5.32 Å². The summed E-state index contributed by atoms with van der Waals surface area (Å²) in [5.41, 5.74) is -0.124. The molecule has 1 aromatic carbocycles. The third kappa shape index (κ3) is 4.39. The lowest BCUT2D eigenvalue weighted by molar-refractivity contribution is 0.0924. The maximum absolute atomic E-state index is 13.6. The SMILES string of the molecule is CCC(NC(=O)c1cc(S(N)(=O)=O)c(F)cc1Cl)C(C)C. The zero-order chi connectivity index (χ0) is 16.4. The Balaban J connectivity index is 3.22. The number of halogens is 2. The minimum Gasteiger partial charge on any atom is -0.349 e. The van der Waals surface area contributed by atoms with E-state index in [1.165, 1.54) is 0 Å². The molecule has 1 aromatic rings. The monoisotopic (exact) mass is 336 g/mol. The third-order valence-corrected chi connectivity index (χ3v) is 4.37. The van der Waals surface area contributed by atoms with E-state index in [4.69, 9.17) is 16.7 Å². The molecule has 0 aliphatic rings. The van der Waals surface area contributed by atoms with Crippen LogP contribution in [0.25, 0.3) is 0 Å². The predicted octanol–water partition coefficient (Wildman–Crippen LogP) is 2.29. The van der Waals surface area contributed by atoms with Crippen molar-refractivity contribution in [3.05, 3.63) is 28.5 Å². The summed E-state index contributed by atoms with van der Waals surface area (Å²) in [4.78, 5) is 11.4. The Labute approximate surface area is 128 Å². The van der Waals surface area contributed by atoms with E-state index in [1.54, 1.807) is 0 Å². The molecule has 1 unspecified atom stereocenters. The zero-order valence-corrected chi connectivity index (χ0v) is 13.6. The summed E-state index contributed by atoms with van der Waals surface area (Å²) in [7, 11) is -4.27. The molecule has 118 valence electrons. The summed E-state index contributed by atoms with van der Waals surface area (Å²) in [5, 5.41) is 7.48. The number of rotatable bonds is 5. The van der Waals surface area contributed by atoms with Gasteiger partial charge in [0.15, 0.2) is 0 Å². The third-order valence-electron chi connectivity index (χ3n) is 3.13. The van der Waals surface area contributed by atoms with Gasteiger partial charge in [0.05, 0.1) is 10.6 Å². The Bertz CT molecular complexity index is 647. The van der Waals surface area contributed by atoms with Gasteiger partial charge in [-0.3, -0.25) is 4.79 Å². The molecule has 0 aliphatic heterocycles. The zero-order valence-electron chi connectivity index (χ0n) is 12.0. The number of amides is 1. The lowest BCUT2D eigenvalue weighted by Gasteiger charge is -2.21. The first kappa shape index (κ1) is 17.9. The number of sulfonamides is 1. The van der Waals surface area contributed by atoms with Gasteiger partial charge in [-0.15, -0.1) is 0 Å². The van der Waals surface area contributed by atoms with Gasteiger partial charge in [0, 0.05) is 6.04 Å². The fraction of sp³-hybridized carbons (Fsp3) is 0.462. The van der Waals surface area contributed by atoms with E-state index in [0.29, 0.717) is 6.42 Å². The number of hydrogen-bond acceptors (Lipinski definition) is 3. The molecule has 0 spiro atoms. The average molecular weight is 337 g/mol. The van der Waals surface area contributed by atoms with E-state index < -0.39 is 26.6 Å². The second-order valence-electron chi connectivity index (χ2n) is 5.04. The van der Waals surface area contributed by atoms with Gasteiger partial charge in [-0.2, -0.15) is 0 Å². The van der Waals surface area contributed by atoms with Crippen LogP contribution in [0.15, 0.2) is 17.0 Å². The molecule has 0 aliphatic carbocycles. The van der Waals surface area contributed by atoms with Crippen molar-refractivity contribution in [3.63, 3.8) is 0 Å². The van der Waals surface area contributed by atoms with Crippen LogP contribution in [0.3, 0.4) is 0 Å². The first-order valence-corrected chi connectivity index (χ1v) is 8.33. The maximum Gasteiger partial charge on any atom is 0.253 e. The van der Waals surface area contributed by atoms with Crippen molar-refractivity contribution in [2.75, 3.05) is 0 Å². The second-order valence-corrected chi connectivity index (χ2v) is 6.98. The van der Waals surface area contributed by atoms with Crippen molar-refractivity contribution in [2.45, 2.75) is 38.1 Å². The highest BCUT2D eigenvalue weighted by atomic mass is 35.5. The Morgan fingerprint density at radius 2 is 2.00 bits per heavy atom. The van der Waals surface area contributed by atoms with Crippen LogP contribution in [-0.2, 0) is 10.0 Å². The van der Waals surface area contributed by atoms with E-state index in [-0.39, 0.29) is 22.5 Å². The van der Waals surface area contributed by atoms with E-state index in [0.717, 1.165) is 12.1 Å². The second kappa shape index (κ2) is 6.72. The highest BCUT2D eigenvalue weighted by Crippen LogP contribution is 2.23. The van der Waals surface area contributed by atoms with Gasteiger partial charge < -0.3 is 5.32 Å². The summed E-state index contributed by atoms with van der Waals surface area (Å²) in [6.07, 6.45) is 0.699. The van der Waals surface area contributed by atoms with Crippen LogP contribution in [0.5, 0.6) is 0 Å². The summed E-state index contributed by atoms with van der Waals surface area (Å²) in [5.74, 6) is -1.46. The van der Waals surface area contributed by atoms with Crippen molar-refractivity contribution in [1.82, 2.24) is 5.32 Å². The normalized spacial score (nSPS) is 13.3. The van der Waals surface area contributed by atoms with Crippen molar-refractivity contribution >= 4 is 27.5 Å². The Morgan fingerprint density at radius 3 is 2.43 bits per heavy atom. The quantitative estimate of drug-likeness (QED) is 0.864. The van der Waals surface area contributed by atoms with Crippen LogP contribution < -0.4 is 10.5 Å². The van der Waals surface area contributed by atoms with E-state index in [1.807, 2.05) is 20.8 Å². The molecule has 5 nitrogen and oxygen atoms in total. The summed E-state index contributed by atoms with van der Waals surface area (Å²) < 4.78 is 36.2. The van der Waals surface area contributed by atoms with E-state index >= 15 is 0 Å². The fourth-order valence-electron chi connectivity index (χ4n) is 1.91. The number of hydrogen-bond donors (Lipinski definition) is 2. The molecule has 0 radical (unpaired) electrons. The van der Waals surface area contributed by atoms with Crippen LogP contribution in [0, 0.1) is 11.7 Å². The van der Waals surface area contributed by atoms with Gasteiger partial charge in [-0.1, -0.05) is 32.4 Å². The van der Waals surface area contributed by atoms with Gasteiger partial charge in [0.2, 0.25) is 10.0 Å². The van der Waals surface area contributed by atoms with Crippen LogP contribution >= 0.6 is 11.6 Å². The molecule has 0 saturated carbocycles.